The fraction of sp³-hybridized carbons (Fsp3) is 0.381. The van der Waals surface area contributed by atoms with Crippen LogP contribution in [0.15, 0.2) is 28.2 Å². The predicted molar refractivity (Wildman–Crippen MR) is 114 cm³/mol. The molecule has 1 aromatic carbocycles. The molecule has 0 saturated heterocycles. The minimum absolute atomic E-state index is 0.0225. The fourth-order valence-electron chi connectivity index (χ4n) is 3.58. The highest BCUT2D eigenvalue weighted by molar-refractivity contribution is 7.98. The van der Waals surface area contributed by atoms with E-state index < -0.39 is 0 Å². The highest BCUT2D eigenvalue weighted by atomic mass is 32.2. The van der Waals surface area contributed by atoms with Gasteiger partial charge in [0, 0.05) is 28.8 Å². The van der Waals surface area contributed by atoms with Crippen LogP contribution in [-0.2, 0) is 25.6 Å². The molecule has 2 heterocycles. The Hall–Kier alpha value is -2.12. The Labute approximate surface area is 171 Å². The van der Waals surface area contributed by atoms with Crippen LogP contribution in [0.25, 0.3) is 10.2 Å². The number of carbonyl (C=O) groups excluding carboxylic acids is 1. The number of aromatic nitrogens is 2. The number of benzene rings is 1. The molecule has 0 spiro atoms. The topological polar surface area (TPSA) is 61.2 Å². The van der Waals surface area contributed by atoms with Crippen LogP contribution < -0.4 is 10.3 Å². The highest BCUT2D eigenvalue weighted by Gasteiger charge is 2.22. The SMILES string of the molecule is CCOc1ccc(C(C)=O)cc1CSc1nc2sc3c(c2c(=O)n1C)CCC3. The Morgan fingerprint density at radius 3 is 2.93 bits per heavy atom. The van der Waals surface area contributed by atoms with E-state index in [1.54, 1.807) is 35.9 Å². The van der Waals surface area contributed by atoms with Gasteiger partial charge in [0.1, 0.15) is 10.6 Å². The van der Waals surface area contributed by atoms with Crippen molar-refractivity contribution in [2.45, 2.75) is 44.0 Å². The average molecular weight is 415 g/mol. The zero-order valence-electron chi connectivity index (χ0n) is 16.2. The first-order valence-corrected chi connectivity index (χ1v) is 11.2. The van der Waals surface area contributed by atoms with Gasteiger partial charge in [-0.3, -0.25) is 14.2 Å². The third-order valence-electron chi connectivity index (χ3n) is 5.03. The number of fused-ring (bicyclic) bond motifs is 3. The molecule has 0 unspecified atom stereocenters. The number of thioether (sulfide) groups is 1. The molecule has 0 radical (unpaired) electrons. The summed E-state index contributed by atoms with van der Waals surface area (Å²) in [6, 6.07) is 5.50. The van der Waals surface area contributed by atoms with Crippen molar-refractivity contribution < 1.29 is 9.53 Å². The fourth-order valence-corrected chi connectivity index (χ4v) is 5.84. The van der Waals surface area contributed by atoms with Crippen molar-refractivity contribution in [1.82, 2.24) is 9.55 Å². The number of hydrogen-bond donors (Lipinski definition) is 0. The summed E-state index contributed by atoms with van der Waals surface area (Å²) in [6.45, 7) is 4.05. The van der Waals surface area contributed by atoms with E-state index in [1.807, 2.05) is 19.1 Å². The van der Waals surface area contributed by atoms with Crippen molar-refractivity contribution >= 4 is 39.1 Å². The summed E-state index contributed by atoms with van der Waals surface area (Å²) in [5.74, 6) is 1.36. The molecule has 5 nitrogen and oxygen atoms in total. The van der Waals surface area contributed by atoms with E-state index in [-0.39, 0.29) is 11.3 Å². The van der Waals surface area contributed by atoms with Crippen LogP contribution >= 0.6 is 23.1 Å². The lowest BCUT2D eigenvalue weighted by Gasteiger charge is -2.12. The molecule has 1 aliphatic carbocycles. The molecule has 1 aliphatic rings. The molecule has 0 bridgehead atoms. The van der Waals surface area contributed by atoms with Gasteiger partial charge in [0.15, 0.2) is 10.9 Å². The second kappa shape index (κ2) is 7.72. The highest BCUT2D eigenvalue weighted by Crippen LogP contribution is 2.36. The molecule has 0 amide bonds. The Bertz CT molecular complexity index is 1130. The minimum Gasteiger partial charge on any atom is -0.494 e. The number of ether oxygens (including phenoxy) is 1. The number of rotatable bonds is 6. The second-order valence-electron chi connectivity index (χ2n) is 6.90. The van der Waals surface area contributed by atoms with Gasteiger partial charge in [-0.2, -0.15) is 0 Å². The summed E-state index contributed by atoms with van der Waals surface area (Å²) in [4.78, 5) is 31.6. The zero-order valence-corrected chi connectivity index (χ0v) is 17.8. The van der Waals surface area contributed by atoms with Crippen LogP contribution in [0.1, 0.15) is 46.6 Å². The molecule has 0 aliphatic heterocycles. The van der Waals surface area contributed by atoms with E-state index >= 15 is 0 Å². The van der Waals surface area contributed by atoms with E-state index in [4.69, 9.17) is 9.72 Å². The van der Waals surface area contributed by atoms with Gasteiger partial charge in [0.2, 0.25) is 0 Å². The van der Waals surface area contributed by atoms with Gasteiger partial charge in [0.05, 0.1) is 12.0 Å². The van der Waals surface area contributed by atoms with Crippen LogP contribution in [0.5, 0.6) is 5.75 Å². The molecule has 0 fully saturated rings. The van der Waals surface area contributed by atoms with E-state index in [1.165, 1.54) is 22.2 Å². The number of nitrogens with zero attached hydrogens (tertiary/aromatic N) is 2. The zero-order chi connectivity index (χ0) is 19.8. The first-order valence-electron chi connectivity index (χ1n) is 9.40. The Morgan fingerprint density at radius 2 is 2.18 bits per heavy atom. The van der Waals surface area contributed by atoms with Crippen LogP contribution in [0.2, 0.25) is 0 Å². The molecule has 3 aromatic rings. The summed E-state index contributed by atoms with van der Waals surface area (Å²) in [7, 11) is 1.78. The minimum atomic E-state index is 0.0225. The van der Waals surface area contributed by atoms with Crippen molar-refractivity contribution in [3.05, 3.63) is 50.1 Å². The largest absolute Gasteiger partial charge is 0.494 e. The third-order valence-corrected chi connectivity index (χ3v) is 7.29. The number of hydrogen-bond acceptors (Lipinski definition) is 6. The first kappa shape index (κ1) is 19.2. The smallest absolute Gasteiger partial charge is 0.262 e. The monoisotopic (exact) mass is 414 g/mol. The number of thiophene rings is 1. The standard InChI is InChI=1S/C21H22N2O3S2/c1-4-26-16-9-8-13(12(2)24)10-14(16)11-27-21-22-19-18(20(25)23(21)3)15-6-5-7-17(15)28-19/h8-10H,4-7,11H2,1-3H3. The summed E-state index contributed by atoms with van der Waals surface area (Å²) in [5, 5.41) is 1.49. The lowest BCUT2D eigenvalue weighted by molar-refractivity contribution is 0.101. The van der Waals surface area contributed by atoms with E-state index in [0.29, 0.717) is 23.1 Å². The molecule has 0 N–H and O–H groups in total. The number of ketones is 1. The lowest BCUT2D eigenvalue weighted by Crippen LogP contribution is -2.20. The Balaban J connectivity index is 1.68. The summed E-state index contributed by atoms with van der Waals surface area (Å²) < 4.78 is 7.36. The number of Topliss-reactive ketones (excluding diaryl/α,β-unsaturated/α-hetero) is 1. The van der Waals surface area contributed by atoms with Crippen LogP contribution in [0.4, 0.5) is 0 Å². The van der Waals surface area contributed by atoms with E-state index in [0.717, 1.165) is 40.8 Å². The first-order chi connectivity index (χ1) is 13.5. The van der Waals surface area contributed by atoms with Crippen molar-refractivity contribution in [2.75, 3.05) is 6.61 Å². The van der Waals surface area contributed by atoms with Crippen LogP contribution in [-0.4, -0.2) is 21.9 Å². The van der Waals surface area contributed by atoms with Crippen molar-refractivity contribution in [3.8, 4) is 5.75 Å². The molecule has 28 heavy (non-hydrogen) atoms. The van der Waals surface area contributed by atoms with Crippen molar-refractivity contribution in [1.29, 1.82) is 0 Å². The molecule has 146 valence electrons. The lowest BCUT2D eigenvalue weighted by atomic mass is 10.1. The maximum Gasteiger partial charge on any atom is 0.262 e. The van der Waals surface area contributed by atoms with E-state index in [2.05, 4.69) is 0 Å². The maximum atomic E-state index is 12.9. The molecule has 7 heteroatoms. The van der Waals surface area contributed by atoms with Gasteiger partial charge in [-0.15, -0.1) is 11.3 Å². The second-order valence-corrected chi connectivity index (χ2v) is 8.92. The average Bonchev–Trinajstić information content (AvgIpc) is 3.25. The van der Waals surface area contributed by atoms with Gasteiger partial charge in [-0.25, -0.2) is 4.98 Å². The van der Waals surface area contributed by atoms with Gasteiger partial charge in [0.25, 0.3) is 5.56 Å². The predicted octanol–water partition coefficient (Wildman–Crippen LogP) is 4.38. The van der Waals surface area contributed by atoms with Gasteiger partial charge in [-0.1, -0.05) is 11.8 Å². The van der Waals surface area contributed by atoms with Gasteiger partial charge >= 0.3 is 0 Å². The Morgan fingerprint density at radius 1 is 1.36 bits per heavy atom. The van der Waals surface area contributed by atoms with Crippen LogP contribution in [0, 0.1) is 0 Å². The summed E-state index contributed by atoms with van der Waals surface area (Å²) in [5.41, 5.74) is 2.83. The van der Waals surface area contributed by atoms with Crippen molar-refractivity contribution in [2.24, 2.45) is 7.05 Å². The summed E-state index contributed by atoms with van der Waals surface area (Å²) >= 11 is 3.15. The molecule has 0 atom stereocenters. The molecular formula is C21H22N2O3S2. The van der Waals surface area contributed by atoms with Crippen LogP contribution in [0.3, 0.4) is 0 Å². The third kappa shape index (κ3) is 3.37. The number of aryl methyl sites for hydroxylation is 2. The Kier molecular flexibility index (Phi) is 5.29. The molecular weight excluding hydrogens is 392 g/mol. The quantitative estimate of drug-likeness (QED) is 0.340. The summed E-state index contributed by atoms with van der Waals surface area (Å²) in [6.07, 6.45) is 3.16. The molecule has 2 aromatic heterocycles. The van der Waals surface area contributed by atoms with Gasteiger partial charge in [-0.05, 0) is 56.9 Å². The van der Waals surface area contributed by atoms with Gasteiger partial charge < -0.3 is 4.74 Å². The maximum absolute atomic E-state index is 12.9. The van der Waals surface area contributed by atoms with E-state index in [9.17, 15) is 9.59 Å². The molecule has 4 rings (SSSR count). The van der Waals surface area contributed by atoms with Crippen molar-refractivity contribution in [3.63, 3.8) is 0 Å². The molecule has 0 saturated carbocycles. The normalized spacial score (nSPS) is 13.1. The number of carbonyl (C=O) groups is 1.